The van der Waals surface area contributed by atoms with Crippen LogP contribution in [0.3, 0.4) is 0 Å². The van der Waals surface area contributed by atoms with Gasteiger partial charge >= 0.3 is 0 Å². The standard InChI is InChI=1S/C12H17N5O2/c13-11-8(5-14-16-11)12(19)17-4-3-9-7(6-17)1-2-10(18)15-9/h5,7,9H,1-4,6H2,(H,15,18)(H3,13,14,16). The number of nitrogen functional groups attached to an aromatic ring is 1. The van der Waals surface area contributed by atoms with Crippen molar-refractivity contribution in [1.82, 2.24) is 20.4 Å². The van der Waals surface area contributed by atoms with Gasteiger partial charge < -0.3 is 16.0 Å². The number of carbonyl (C=O) groups is 2. The smallest absolute Gasteiger partial charge is 0.259 e. The fraction of sp³-hybridized carbons (Fsp3) is 0.583. The van der Waals surface area contributed by atoms with E-state index >= 15 is 0 Å². The second-order valence-electron chi connectivity index (χ2n) is 5.21. The summed E-state index contributed by atoms with van der Waals surface area (Å²) in [6, 6.07) is 0.215. The molecule has 7 nitrogen and oxygen atoms in total. The maximum Gasteiger partial charge on any atom is 0.259 e. The highest BCUT2D eigenvalue weighted by Gasteiger charge is 2.35. The number of fused-ring (bicyclic) bond motifs is 1. The van der Waals surface area contributed by atoms with E-state index in [4.69, 9.17) is 5.73 Å². The van der Waals surface area contributed by atoms with Crippen LogP contribution >= 0.6 is 0 Å². The molecule has 2 saturated heterocycles. The Morgan fingerprint density at radius 3 is 3.05 bits per heavy atom. The lowest BCUT2D eigenvalue weighted by atomic mass is 9.85. The van der Waals surface area contributed by atoms with Crippen LogP contribution in [0.2, 0.25) is 0 Å². The third-order valence-corrected chi connectivity index (χ3v) is 4.01. The quantitative estimate of drug-likeness (QED) is 0.649. The van der Waals surface area contributed by atoms with E-state index in [0.29, 0.717) is 36.8 Å². The third-order valence-electron chi connectivity index (χ3n) is 4.01. The Kier molecular flexibility index (Phi) is 2.88. The lowest BCUT2D eigenvalue weighted by Crippen LogP contribution is -2.55. The number of amides is 2. The Hall–Kier alpha value is -2.05. The molecule has 2 amide bonds. The van der Waals surface area contributed by atoms with Crippen LogP contribution in [0.4, 0.5) is 5.82 Å². The van der Waals surface area contributed by atoms with Crippen LogP contribution in [-0.2, 0) is 4.79 Å². The normalized spacial score (nSPS) is 26.7. The van der Waals surface area contributed by atoms with Gasteiger partial charge in [-0.3, -0.25) is 14.7 Å². The maximum atomic E-state index is 12.3. The number of piperidine rings is 2. The van der Waals surface area contributed by atoms with Crippen LogP contribution in [0, 0.1) is 5.92 Å². The zero-order valence-corrected chi connectivity index (χ0v) is 10.6. The maximum absolute atomic E-state index is 12.3. The topological polar surface area (TPSA) is 104 Å². The molecular weight excluding hydrogens is 246 g/mol. The lowest BCUT2D eigenvalue weighted by Gasteiger charge is -2.41. The number of nitrogens with zero attached hydrogens (tertiary/aromatic N) is 2. The largest absolute Gasteiger partial charge is 0.383 e. The molecule has 2 aliphatic rings. The van der Waals surface area contributed by atoms with Gasteiger partial charge in [0.05, 0.1) is 6.20 Å². The predicted octanol–water partition coefficient (Wildman–Crippen LogP) is -0.267. The van der Waals surface area contributed by atoms with Crippen molar-refractivity contribution < 1.29 is 9.59 Å². The fourth-order valence-electron chi connectivity index (χ4n) is 2.93. The Morgan fingerprint density at radius 1 is 1.47 bits per heavy atom. The SMILES string of the molecule is Nc1[nH]ncc1C(=O)N1CCC2NC(=O)CCC2C1. The zero-order valence-electron chi connectivity index (χ0n) is 10.6. The van der Waals surface area contributed by atoms with Crippen LogP contribution in [0.25, 0.3) is 0 Å². The van der Waals surface area contributed by atoms with Crippen molar-refractivity contribution in [1.29, 1.82) is 0 Å². The van der Waals surface area contributed by atoms with Crippen molar-refractivity contribution in [2.45, 2.75) is 25.3 Å². The van der Waals surface area contributed by atoms with Gasteiger partial charge in [-0.15, -0.1) is 0 Å². The number of likely N-dealkylation sites (tertiary alicyclic amines) is 1. The number of carbonyl (C=O) groups excluding carboxylic acids is 2. The second kappa shape index (κ2) is 4.56. The number of nitrogens with one attached hydrogen (secondary N) is 2. The molecule has 4 N–H and O–H groups in total. The Labute approximate surface area is 110 Å². The number of aromatic amines is 1. The van der Waals surface area contributed by atoms with Crippen LogP contribution < -0.4 is 11.1 Å². The molecule has 2 fully saturated rings. The lowest BCUT2D eigenvalue weighted by molar-refractivity contribution is -0.125. The van der Waals surface area contributed by atoms with E-state index in [-0.39, 0.29) is 17.9 Å². The van der Waals surface area contributed by atoms with Gasteiger partial charge in [0, 0.05) is 25.6 Å². The van der Waals surface area contributed by atoms with Gasteiger partial charge in [-0.1, -0.05) is 0 Å². The molecule has 0 radical (unpaired) electrons. The first-order valence-corrected chi connectivity index (χ1v) is 6.52. The Balaban J connectivity index is 1.70. The molecule has 0 aromatic carbocycles. The fourth-order valence-corrected chi connectivity index (χ4v) is 2.93. The predicted molar refractivity (Wildman–Crippen MR) is 68.2 cm³/mol. The summed E-state index contributed by atoms with van der Waals surface area (Å²) in [5.41, 5.74) is 6.10. The van der Waals surface area contributed by atoms with Gasteiger partial charge in [-0.25, -0.2) is 0 Å². The van der Waals surface area contributed by atoms with Gasteiger partial charge in [0.25, 0.3) is 5.91 Å². The minimum Gasteiger partial charge on any atom is -0.383 e. The van der Waals surface area contributed by atoms with E-state index in [9.17, 15) is 9.59 Å². The minimum absolute atomic E-state index is 0.0819. The van der Waals surface area contributed by atoms with Crippen molar-refractivity contribution in [2.75, 3.05) is 18.8 Å². The van der Waals surface area contributed by atoms with Gasteiger partial charge in [0.1, 0.15) is 11.4 Å². The highest BCUT2D eigenvalue weighted by Crippen LogP contribution is 2.26. The molecule has 0 spiro atoms. The van der Waals surface area contributed by atoms with E-state index in [1.165, 1.54) is 6.20 Å². The number of rotatable bonds is 1. The summed E-state index contributed by atoms with van der Waals surface area (Å²) >= 11 is 0. The summed E-state index contributed by atoms with van der Waals surface area (Å²) in [4.78, 5) is 25.5. The van der Waals surface area contributed by atoms with Gasteiger partial charge in [-0.05, 0) is 18.8 Å². The number of anilines is 1. The molecule has 0 aliphatic carbocycles. The number of H-pyrrole nitrogens is 1. The molecule has 7 heteroatoms. The van der Waals surface area contributed by atoms with E-state index < -0.39 is 0 Å². The molecule has 102 valence electrons. The minimum atomic E-state index is -0.0819. The Morgan fingerprint density at radius 2 is 2.32 bits per heavy atom. The second-order valence-corrected chi connectivity index (χ2v) is 5.21. The van der Waals surface area contributed by atoms with E-state index in [1.807, 2.05) is 0 Å². The molecule has 1 aromatic heterocycles. The van der Waals surface area contributed by atoms with E-state index in [2.05, 4.69) is 15.5 Å². The van der Waals surface area contributed by atoms with E-state index in [1.54, 1.807) is 4.90 Å². The molecule has 1 aromatic rings. The summed E-state index contributed by atoms with van der Waals surface area (Å²) in [6.45, 7) is 1.32. The monoisotopic (exact) mass is 263 g/mol. The van der Waals surface area contributed by atoms with Gasteiger partial charge in [0.15, 0.2) is 0 Å². The molecular formula is C12H17N5O2. The number of aromatic nitrogens is 2. The molecule has 3 rings (SSSR count). The molecule has 2 aliphatic heterocycles. The molecule has 3 heterocycles. The van der Waals surface area contributed by atoms with Crippen LogP contribution in [0.15, 0.2) is 6.20 Å². The number of nitrogens with two attached hydrogens (primary N) is 1. The van der Waals surface area contributed by atoms with Gasteiger partial charge in [0.2, 0.25) is 5.91 Å². The van der Waals surface area contributed by atoms with Gasteiger partial charge in [-0.2, -0.15) is 5.10 Å². The van der Waals surface area contributed by atoms with Crippen LogP contribution in [0.1, 0.15) is 29.6 Å². The van der Waals surface area contributed by atoms with Crippen LogP contribution in [0.5, 0.6) is 0 Å². The van der Waals surface area contributed by atoms with Crippen LogP contribution in [-0.4, -0.2) is 46.0 Å². The number of hydrogen-bond donors (Lipinski definition) is 3. The first-order valence-electron chi connectivity index (χ1n) is 6.52. The van der Waals surface area contributed by atoms with Crippen molar-refractivity contribution in [2.24, 2.45) is 5.92 Å². The average molecular weight is 263 g/mol. The van der Waals surface area contributed by atoms with Crippen molar-refractivity contribution >= 4 is 17.6 Å². The summed E-state index contributed by atoms with van der Waals surface area (Å²) in [5, 5.41) is 9.35. The average Bonchev–Trinajstić information content (AvgIpc) is 2.83. The summed E-state index contributed by atoms with van der Waals surface area (Å²) in [5.74, 6) is 0.703. The van der Waals surface area contributed by atoms with E-state index in [0.717, 1.165) is 12.8 Å². The number of hydrogen-bond acceptors (Lipinski definition) is 4. The van der Waals surface area contributed by atoms with Crippen molar-refractivity contribution in [3.05, 3.63) is 11.8 Å². The summed E-state index contributed by atoms with van der Waals surface area (Å²) in [7, 11) is 0. The highest BCUT2D eigenvalue weighted by atomic mass is 16.2. The molecule has 2 unspecified atom stereocenters. The van der Waals surface area contributed by atoms with Crippen molar-refractivity contribution in [3.63, 3.8) is 0 Å². The summed E-state index contributed by atoms with van der Waals surface area (Å²) in [6.07, 6.45) is 3.67. The zero-order chi connectivity index (χ0) is 13.4. The Bertz CT molecular complexity index is 512. The molecule has 0 bridgehead atoms. The first-order chi connectivity index (χ1) is 9.15. The third kappa shape index (κ3) is 2.16. The molecule has 19 heavy (non-hydrogen) atoms. The highest BCUT2D eigenvalue weighted by molar-refractivity contribution is 5.98. The molecule has 2 atom stereocenters. The van der Waals surface area contributed by atoms with Crippen molar-refractivity contribution in [3.8, 4) is 0 Å². The summed E-state index contributed by atoms with van der Waals surface area (Å²) < 4.78 is 0. The molecule has 0 saturated carbocycles. The first kappa shape index (κ1) is 12.0.